The number of halogens is 1. The summed E-state index contributed by atoms with van der Waals surface area (Å²) in [5, 5.41) is 25.8. The zero-order valence-electron chi connectivity index (χ0n) is 15.0. The summed E-state index contributed by atoms with van der Waals surface area (Å²) in [4.78, 5) is 11.3. The van der Waals surface area contributed by atoms with Crippen molar-refractivity contribution in [1.29, 1.82) is 0 Å². The minimum Gasteiger partial charge on any atom is -0.386 e. The molecule has 1 amide bonds. The first kappa shape index (κ1) is 20.5. The van der Waals surface area contributed by atoms with Crippen LogP contribution in [0.4, 0.5) is 10.1 Å². The molecule has 24 heavy (non-hydrogen) atoms. The van der Waals surface area contributed by atoms with Crippen LogP contribution >= 0.6 is 0 Å². The molecule has 2 atom stereocenters. The standard InChI is InChI=1S/C17H27FN2O4/c1-10(21)19-13-11(8-7-9-12(13)18)14(22)17(5,6)20-15(23)24-16(2,3)4/h7-9,14-15,20,22-23H,1-6H3,(H,19,21). The van der Waals surface area contributed by atoms with E-state index in [1.54, 1.807) is 34.6 Å². The van der Waals surface area contributed by atoms with Crippen LogP contribution in [0.15, 0.2) is 18.2 Å². The largest absolute Gasteiger partial charge is 0.386 e. The summed E-state index contributed by atoms with van der Waals surface area (Å²) in [6, 6.07) is 4.15. The fraction of sp³-hybridized carbons (Fsp3) is 0.588. The third-order valence-corrected chi connectivity index (χ3v) is 3.29. The van der Waals surface area contributed by atoms with E-state index in [0.717, 1.165) is 0 Å². The number of aliphatic hydroxyl groups excluding tert-OH is 2. The van der Waals surface area contributed by atoms with Crippen molar-refractivity contribution in [2.75, 3.05) is 5.32 Å². The summed E-state index contributed by atoms with van der Waals surface area (Å²) in [6.07, 6.45) is -2.54. The van der Waals surface area contributed by atoms with Crippen LogP contribution in [0, 0.1) is 5.82 Å². The van der Waals surface area contributed by atoms with E-state index in [9.17, 15) is 19.4 Å². The maximum absolute atomic E-state index is 14.0. The van der Waals surface area contributed by atoms with E-state index in [2.05, 4.69) is 10.6 Å². The SMILES string of the molecule is CC(=O)Nc1c(F)cccc1C(O)C(C)(C)NC(O)OC(C)(C)C. The number of hydrogen-bond donors (Lipinski definition) is 4. The lowest BCUT2D eigenvalue weighted by atomic mass is 9.90. The van der Waals surface area contributed by atoms with Gasteiger partial charge in [-0.3, -0.25) is 10.1 Å². The molecule has 1 aromatic carbocycles. The van der Waals surface area contributed by atoms with Crippen LogP contribution in [0.2, 0.25) is 0 Å². The highest BCUT2D eigenvalue weighted by atomic mass is 19.1. The van der Waals surface area contributed by atoms with Gasteiger partial charge < -0.3 is 20.3 Å². The maximum atomic E-state index is 14.0. The average molecular weight is 342 g/mol. The van der Waals surface area contributed by atoms with Crippen molar-refractivity contribution in [2.24, 2.45) is 0 Å². The van der Waals surface area contributed by atoms with Crippen LogP contribution in [0.3, 0.4) is 0 Å². The van der Waals surface area contributed by atoms with E-state index >= 15 is 0 Å². The molecule has 0 aliphatic heterocycles. The van der Waals surface area contributed by atoms with Crippen LogP contribution in [-0.2, 0) is 9.53 Å². The molecule has 4 N–H and O–H groups in total. The van der Waals surface area contributed by atoms with Gasteiger partial charge >= 0.3 is 0 Å². The van der Waals surface area contributed by atoms with E-state index in [0.29, 0.717) is 0 Å². The molecule has 0 aliphatic rings. The number of ether oxygens (including phenoxy) is 1. The zero-order valence-corrected chi connectivity index (χ0v) is 15.0. The van der Waals surface area contributed by atoms with E-state index in [-0.39, 0.29) is 11.3 Å². The monoisotopic (exact) mass is 342 g/mol. The van der Waals surface area contributed by atoms with Crippen molar-refractivity contribution in [3.05, 3.63) is 29.6 Å². The predicted octanol–water partition coefficient (Wildman–Crippen LogP) is 2.28. The molecular formula is C17H27FN2O4. The second-order valence-electron chi connectivity index (χ2n) is 7.24. The Bertz CT molecular complexity index is 584. The topological polar surface area (TPSA) is 90.8 Å². The Hall–Kier alpha value is -1.54. The Morgan fingerprint density at radius 2 is 1.79 bits per heavy atom. The van der Waals surface area contributed by atoms with Crippen molar-refractivity contribution in [3.8, 4) is 0 Å². The molecule has 1 rings (SSSR count). The van der Waals surface area contributed by atoms with Crippen molar-refractivity contribution < 1.29 is 24.1 Å². The maximum Gasteiger partial charge on any atom is 0.221 e. The molecule has 0 saturated heterocycles. The number of carbonyl (C=O) groups excluding carboxylic acids is 1. The highest BCUT2D eigenvalue weighted by molar-refractivity contribution is 5.89. The van der Waals surface area contributed by atoms with Crippen LogP contribution in [0.1, 0.15) is 53.2 Å². The van der Waals surface area contributed by atoms with Gasteiger partial charge in [0.05, 0.1) is 17.4 Å². The van der Waals surface area contributed by atoms with E-state index in [1.807, 2.05) is 0 Å². The summed E-state index contributed by atoms with van der Waals surface area (Å²) in [5.74, 6) is -1.10. The summed E-state index contributed by atoms with van der Waals surface area (Å²) in [6.45, 7) is 9.87. The zero-order chi connectivity index (χ0) is 18.7. The van der Waals surface area contributed by atoms with Gasteiger partial charge in [-0.25, -0.2) is 4.39 Å². The quantitative estimate of drug-likeness (QED) is 0.596. The molecule has 0 spiro atoms. The second kappa shape index (κ2) is 7.57. The Balaban J connectivity index is 3.05. The van der Waals surface area contributed by atoms with Crippen LogP contribution in [-0.4, -0.2) is 33.7 Å². The van der Waals surface area contributed by atoms with Gasteiger partial charge in [0.15, 0.2) is 0 Å². The molecular weight excluding hydrogens is 315 g/mol. The van der Waals surface area contributed by atoms with Gasteiger partial charge in [-0.05, 0) is 40.7 Å². The highest BCUT2D eigenvalue weighted by Gasteiger charge is 2.34. The van der Waals surface area contributed by atoms with Crippen molar-refractivity contribution >= 4 is 11.6 Å². The molecule has 0 aromatic heterocycles. The Labute approximate surface area is 142 Å². The van der Waals surface area contributed by atoms with E-state index in [4.69, 9.17) is 4.74 Å². The average Bonchev–Trinajstić information content (AvgIpc) is 2.36. The van der Waals surface area contributed by atoms with E-state index in [1.165, 1.54) is 25.1 Å². The molecule has 6 nitrogen and oxygen atoms in total. The minimum absolute atomic E-state index is 0.0846. The molecule has 0 aliphatic carbocycles. The molecule has 2 unspecified atom stereocenters. The van der Waals surface area contributed by atoms with Crippen molar-refractivity contribution in [2.45, 2.75) is 65.2 Å². The van der Waals surface area contributed by atoms with Crippen LogP contribution in [0.25, 0.3) is 0 Å². The summed E-state index contributed by atoms with van der Waals surface area (Å²) in [5.41, 5.74) is -1.54. The normalized spacial score (nSPS) is 15.0. The summed E-state index contributed by atoms with van der Waals surface area (Å²) in [7, 11) is 0. The Kier molecular flexibility index (Phi) is 6.46. The Morgan fingerprint density at radius 3 is 2.29 bits per heavy atom. The fourth-order valence-corrected chi connectivity index (χ4v) is 2.23. The van der Waals surface area contributed by atoms with Crippen molar-refractivity contribution in [3.63, 3.8) is 0 Å². The molecule has 0 saturated carbocycles. The molecule has 0 radical (unpaired) electrons. The molecule has 0 bridgehead atoms. The molecule has 136 valence electrons. The number of carbonyl (C=O) groups is 1. The number of para-hydroxylation sites is 1. The van der Waals surface area contributed by atoms with Crippen LogP contribution in [0.5, 0.6) is 0 Å². The number of anilines is 1. The summed E-state index contributed by atoms with van der Waals surface area (Å²) >= 11 is 0. The number of hydrogen-bond acceptors (Lipinski definition) is 5. The van der Waals surface area contributed by atoms with Gasteiger partial charge in [-0.2, -0.15) is 0 Å². The third kappa shape index (κ3) is 5.83. The lowest BCUT2D eigenvalue weighted by molar-refractivity contribution is -0.196. The molecule has 1 aromatic rings. The fourth-order valence-electron chi connectivity index (χ4n) is 2.23. The van der Waals surface area contributed by atoms with Gasteiger partial charge in [-0.15, -0.1) is 0 Å². The number of benzene rings is 1. The van der Waals surface area contributed by atoms with Gasteiger partial charge in [0.25, 0.3) is 0 Å². The third-order valence-electron chi connectivity index (χ3n) is 3.29. The summed E-state index contributed by atoms with van der Waals surface area (Å²) < 4.78 is 19.4. The van der Waals surface area contributed by atoms with Crippen molar-refractivity contribution in [1.82, 2.24) is 5.32 Å². The van der Waals surface area contributed by atoms with Crippen LogP contribution < -0.4 is 10.6 Å². The smallest absolute Gasteiger partial charge is 0.221 e. The first-order chi connectivity index (χ1) is 10.8. The first-order valence-electron chi connectivity index (χ1n) is 7.71. The minimum atomic E-state index is -1.33. The van der Waals surface area contributed by atoms with Gasteiger partial charge in [-0.1, -0.05) is 12.1 Å². The molecule has 0 heterocycles. The van der Waals surface area contributed by atoms with Gasteiger partial charge in [0.2, 0.25) is 12.3 Å². The Morgan fingerprint density at radius 1 is 1.21 bits per heavy atom. The van der Waals surface area contributed by atoms with Gasteiger partial charge in [0.1, 0.15) is 5.82 Å². The van der Waals surface area contributed by atoms with E-state index < -0.39 is 35.4 Å². The number of nitrogens with one attached hydrogen (secondary N) is 2. The lowest BCUT2D eigenvalue weighted by Crippen LogP contribution is -2.52. The highest BCUT2D eigenvalue weighted by Crippen LogP contribution is 2.33. The molecule has 7 heteroatoms. The number of aliphatic hydroxyl groups is 2. The number of amides is 1. The number of rotatable bonds is 6. The molecule has 0 fully saturated rings. The predicted molar refractivity (Wildman–Crippen MR) is 89.7 cm³/mol. The lowest BCUT2D eigenvalue weighted by Gasteiger charge is -2.36. The van der Waals surface area contributed by atoms with Gasteiger partial charge in [0, 0.05) is 18.0 Å². The first-order valence-corrected chi connectivity index (χ1v) is 7.71. The second-order valence-corrected chi connectivity index (χ2v) is 7.24.